The van der Waals surface area contributed by atoms with Gasteiger partial charge in [0.2, 0.25) is 5.95 Å². The molecule has 2 fully saturated rings. The molecule has 0 aliphatic carbocycles. The predicted molar refractivity (Wildman–Crippen MR) is 76.1 cm³/mol. The van der Waals surface area contributed by atoms with Crippen molar-refractivity contribution in [3.63, 3.8) is 0 Å². The molecule has 0 aromatic carbocycles. The molecular formula is C13H20N4S. The molecule has 98 valence electrons. The standard InChI is InChI=1S/C13H20N4S/c1-3-11(16-12-4-8-18-10-12)9-17(7-1)13-14-5-2-6-15-13/h2,5-6,11-12,16H,1,3-4,7-10H2. The van der Waals surface area contributed by atoms with Crippen molar-refractivity contribution in [3.05, 3.63) is 18.5 Å². The zero-order chi connectivity index (χ0) is 12.2. The van der Waals surface area contributed by atoms with Gasteiger partial charge in [0.05, 0.1) is 0 Å². The number of anilines is 1. The molecule has 2 aliphatic rings. The van der Waals surface area contributed by atoms with Crippen LogP contribution in [0.3, 0.4) is 0 Å². The number of thioether (sulfide) groups is 1. The molecule has 4 nitrogen and oxygen atoms in total. The highest BCUT2D eigenvalue weighted by Crippen LogP contribution is 2.20. The van der Waals surface area contributed by atoms with Crippen molar-refractivity contribution in [3.8, 4) is 0 Å². The van der Waals surface area contributed by atoms with Gasteiger partial charge < -0.3 is 10.2 Å². The number of nitrogens with one attached hydrogen (secondary N) is 1. The minimum Gasteiger partial charge on any atom is -0.339 e. The Balaban J connectivity index is 1.58. The molecule has 0 amide bonds. The molecule has 2 saturated heterocycles. The van der Waals surface area contributed by atoms with E-state index in [-0.39, 0.29) is 0 Å². The van der Waals surface area contributed by atoms with E-state index in [0.29, 0.717) is 6.04 Å². The van der Waals surface area contributed by atoms with E-state index in [9.17, 15) is 0 Å². The van der Waals surface area contributed by atoms with E-state index in [4.69, 9.17) is 0 Å². The van der Waals surface area contributed by atoms with Crippen LogP contribution in [0, 0.1) is 0 Å². The summed E-state index contributed by atoms with van der Waals surface area (Å²) in [6, 6.07) is 3.20. The third-order valence-corrected chi connectivity index (χ3v) is 4.82. The predicted octanol–water partition coefficient (Wildman–Crippen LogP) is 1.54. The van der Waals surface area contributed by atoms with Gasteiger partial charge in [-0.25, -0.2) is 9.97 Å². The van der Waals surface area contributed by atoms with Gasteiger partial charge in [0.25, 0.3) is 0 Å². The number of nitrogens with zero attached hydrogens (tertiary/aromatic N) is 3. The first kappa shape index (κ1) is 12.2. The second kappa shape index (κ2) is 5.89. The Morgan fingerprint density at radius 3 is 2.89 bits per heavy atom. The summed E-state index contributed by atoms with van der Waals surface area (Å²) < 4.78 is 0. The fourth-order valence-corrected chi connectivity index (χ4v) is 3.91. The molecule has 18 heavy (non-hydrogen) atoms. The topological polar surface area (TPSA) is 41.1 Å². The van der Waals surface area contributed by atoms with Gasteiger partial charge in [0.1, 0.15) is 0 Å². The zero-order valence-electron chi connectivity index (χ0n) is 10.6. The van der Waals surface area contributed by atoms with Crippen LogP contribution in [0.1, 0.15) is 19.3 Å². The van der Waals surface area contributed by atoms with Crippen molar-refractivity contribution in [2.24, 2.45) is 0 Å². The van der Waals surface area contributed by atoms with Crippen LogP contribution in [0.25, 0.3) is 0 Å². The summed E-state index contributed by atoms with van der Waals surface area (Å²) >= 11 is 2.07. The minimum absolute atomic E-state index is 0.603. The van der Waals surface area contributed by atoms with Gasteiger partial charge in [-0.1, -0.05) is 0 Å². The van der Waals surface area contributed by atoms with Gasteiger partial charge in [-0.15, -0.1) is 0 Å². The fourth-order valence-electron chi connectivity index (χ4n) is 2.75. The molecule has 3 heterocycles. The molecule has 0 bridgehead atoms. The summed E-state index contributed by atoms with van der Waals surface area (Å²) in [4.78, 5) is 11.0. The molecule has 1 N–H and O–H groups in total. The quantitative estimate of drug-likeness (QED) is 0.897. The smallest absolute Gasteiger partial charge is 0.225 e. The van der Waals surface area contributed by atoms with Crippen molar-refractivity contribution < 1.29 is 0 Å². The average molecular weight is 264 g/mol. The monoisotopic (exact) mass is 264 g/mol. The van der Waals surface area contributed by atoms with E-state index < -0.39 is 0 Å². The Morgan fingerprint density at radius 2 is 2.11 bits per heavy atom. The van der Waals surface area contributed by atoms with Gasteiger partial charge in [0, 0.05) is 43.3 Å². The Labute approximate surface area is 113 Å². The maximum Gasteiger partial charge on any atom is 0.225 e. The van der Waals surface area contributed by atoms with Gasteiger partial charge in [-0.2, -0.15) is 11.8 Å². The molecule has 0 radical (unpaired) electrons. The molecule has 1 aromatic heterocycles. The number of rotatable bonds is 3. The van der Waals surface area contributed by atoms with E-state index in [1.54, 1.807) is 0 Å². The van der Waals surface area contributed by atoms with Crippen LogP contribution >= 0.6 is 11.8 Å². The normalized spacial score (nSPS) is 28.6. The Hall–Kier alpha value is -0.810. The molecule has 2 atom stereocenters. The summed E-state index contributed by atoms with van der Waals surface area (Å²) in [6.45, 7) is 2.13. The van der Waals surface area contributed by atoms with Crippen LogP contribution in [0.2, 0.25) is 0 Å². The number of aromatic nitrogens is 2. The van der Waals surface area contributed by atoms with E-state index in [0.717, 1.165) is 25.1 Å². The third-order valence-electron chi connectivity index (χ3n) is 3.66. The van der Waals surface area contributed by atoms with Crippen molar-refractivity contribution >= 4 is 17.7 Å². The summed E-state index contributed by atoms with van der Waals surface area (Å²) in [6.07, 6.45) is 7.49. The Kier molecular flexibility index (Phi) is 4.00. The first-order valence-corrected chi connectivity index (χ1v) is 7.93. The Bertz CT molecular complexity index is 367. The summed E-state index contributed by atoms with van der Waals surface area (Å²) in [5.74, 6) is 3.47. The minimum atomic E-state index is 0.603. The second-order valence-electron chi connectivity index (χ2n) is 5.06. The summed E-state index contributed by atoms with van der Waals surface area (Å²) in [7, 11) is 0. The second-order valence-corrected chi connectivity index (χ2v) is 6.21. The lowest BCUT2D eigenvalue weighted by molar-refractivity contribution is 0.384. The van der Waals surface area contributed by atoms with Crippen LogP contribution < -0.4 is 10.2 Å². The third kappa shape index (κ3) is 2.95. The summed E-state index contributed by atoms with van der Waals surface area (Å²) in [5, 5.41) is 3.80. The maximum atomic E-state index is 4.35. The zero-order valence-corrected chi connectivity index (χ0v) is 11.4. The SMILES string of the molecule is c1cnc(N2CCCC(NC3CCSC3)C2)nc1. The molecule has 2 aliphatic heterocycles. The molecule has 2 unspecified atom stereocenters. The average Bonchev–Trinajstić information content (AvgIpc) is 2.93. The number of hydrogen-bond acceptors (Lipinski definition) is 5. The highest BCUT2D eigenvalue weighted by Gasteiger charge is 2.25. The first-order chi connectivity index (χ1) is 8.92. The highest BCUT2D eigenvalue weighted by atomic mass is 32.2. The molecular weight excluding hydrogens is 244 g/mol. The highest BCUT2D eigenvalue weighted by molar-refractivity contribution is 7.99. The van der Waals surface area contributed by atoms with Crippen LogP contribution in [0.4, 0.5) is 5.95 Å². The lowest BCUT2D eigenvalue weighted by Gasteiger charge is -2.34. The van der Waals surface area contributed by atoms with Crippen molar-refractivity contribution in [2.45, 2.75) is 31.3 Å². The van der Waals surface area contributed by atoms with Crippen LogP contribution in [0.15, 0.2) is 18.5 Å². The number of hydrogen-bond donors (Lipinski definition) is 1. The molecule has 3 rings (SSSR count). The van der Waals surface area contributed by atoms with Gasteiger partial charge in [0.15, 0.2) is 0 Å². The van der Waals surface area contributed by atoms with Gasteiger partial charge >= 0.3 is 0 Å². The van der Waals surface area contributed by atoms with Crippen molar-refractivity contribution in [1.82, 2.24) is 15.3 Å². The maximum absolute atomic E-state index is 4.35. The molecule has 1 aromatic rings. The van der Waals surface area contributed by atoms with Crippen molar-refractivity contribution in [1.29, 1.82) is 0 Å². The van der Waals surface area contributed by atoms with Gasteiger partial charge in [-0.3, -0.25) is 0 Å². The molecule has 0 saturated carbocycles. The lowest BCUT2D eigenvalue weighted by Crippen LogP contribution is -2.49. The molecule has 5 heteroatoms. The van der Waals surface area contributed by atoms with Crippen LogP contribution in [0.5, 0.6) is 0 Å². The largest absolute Gasteiger partial charge is 0.339 e. The van der Waals surface area contributed by atoms with Gasteiger partial charge in [-0.05, 0) is 31.1 Å². The lowest BCUT2D eigenvalue weighted by atomic mass is 10.0. The molecule has 0 spiro atoms. The summed E-state index contributed by atoms with van der Waals surface area (Å²) in [5.41, 5.74) is 0. The van der Waals surface area contributed by atoms with Crippen LogP contribution in [-0.4, -0.2) is 46.6 Å². The van der Waals surface area contributed by atoms with E-state index >= 15 is 0 Å². The van der Waals surface area contributed by atoms with E-state index in [1.165, 1.54) is 30.8 Å². The van der Waals surface area contributed by atoms with Crippen LogP contribution in [-0.2, 0) is 0 Å². The Morgan fingerprint density at radius 1 is 1.22 bits per heavy atom. The first-order valence-electron chi connectivity index (χ1n) is 6.77. The van der Waals surface area contributed by atoms with E-state index in [2.05, 4.69) is 31.9 Å². The van der Waals surface area contributed by atoms with E-state index in [1.807, 2.05) is 18.5 Å². The number of piperidine rings is 1. The van der Waals surface area contributed by atoms with Crippen molar-refractivity contribution in [2.75, 3.05) is 29.5 Å². The fraction of sp³-hybridized carbons (Fsp3) is 0.692.